The van der Waals surface area contributed by atoms with E-state index in [0.29, 0.717) is 0 Å². The summed E-state index contributed by atoms with van der Waals surface area (Å²) in [5.74, 6) is -1.21. The van der Waals surface area contributed by atoms with Crippen molar-refractivity contribution in [2.75, 3.05) is 6.61 Å². The summed E-state index contributed by atoms with van der Waals surface area (Å²) >= 11 is 0. The van der Waals surface area contributed by atoms with Gasteiger partial charge in [0.05, 0.1) is 19.1 Å². The van der Waals surface area contributed by atoms with Gasteiger partial charge in [0.15, 0.2) is 0 Å². The molecule has 0 fully saturated rings. The fourth-order valence-electron chi connectivity index (χ4n) is 0.437. The normalized spacial score (nSPS) is 16.3. The van der Waals surface area contributed by atoms with Gasteiger partial charge in [-0.1, -0.05) is 0 Å². The van der Waals surface area contributed by atoms with Gasteiger partial charge in [0, 0.05) is 0 Å². The quantitative estimate of drug-likeness (QED) is 0.378. The second-order valence-corrected chi connectivity index (χ2v) is 1.92. The molecule has 60 valence electrons. The van der Waals surface area contributed by atoms with Gasteiger partial charge < -0.3 is 20.4 Å². The van der Waals surface area contributed by atoms with Gasteiger partial charge in [0.2, 0.25) is 0 Å². The Morgan fingerprint density at radius 2 is 1.80 bits per heavy atom. The fourth-order valence-corrected chi connectivity index (χ4v) is 0.437. The van der Waals surface area contributed by atoms with E-state index in [0.717, 1.165) is 0 Å². The molecule has 0 aromatic rings. The molecule has 10 heavy (non-hydrogen) atoms. The number of carbonyl (C=O) groups is 1. The van der Waals surface area contributed by atoms with E-state index in [1.54, 1.807) is 0 Å². The van der Waals surface area contributed by atoms with Crippen LogP contribution in [0.25, 0.3) is 0 Å². The maximum absolute atomic E-state index is 9.88. The van der Waals surface area contributed by atoms with Crippen molar-refractivity contribution in [1.29, 1.82) is 0 Å². The topological polar surface area (TPSA) is 98.0 Å². The molecule has 0 spiro atoms. The van der Waals surface area contributed by atoms with Crippen LogP contribution in [0, 0.1) is 0 Å². The Morgan fingerprint density at radius 3 is 2.10 bits per heavy atom. The monoisotopic (exact) mass is 150 g/mol. The Kier molecular flexibility index (Phi) is 3.94. The summed E-state index contributed by atoms with van der Waals surface area (Å²) in [6.07, 6.45) is -3.31. The lowest BCUT2D eigenvalue weighted by Crippen LogP contribution is -2.31. The van der Waals surface area contributed by atoms with Gasteiger partial charge in [-0.3, -0.25) is 4.79 Å². The Bertz CT molecular complexity index is 113. The van der Waals surface area contributed by atoms with E-state index in [4.69, 9.17) is 20.4 Å². The summed E-state index contributed by atoms with van der Waals surface area (Å²) in [5, 5.41) is 33.6. The second-order valence-electron chi connectivity index (χ2n) is 1.92. The van der Waals surface area contributed by atoms with Crippen molar-refractivity contribution in [2.45, 2.75) is 18.6 Å². The highest BCUT2D eigenvalue weighted by atomic mass is 16.4. The molecular formula is C5H10O5. The number of carboxylic acids is 1. The van der Waals surface area contributed by atoms with Gasteiger partial charge in [0.25, 0.3) is 0 Å². The van der Waals surface area contributed by atoms with Crippen LogP contribution in [-0.2, 0) is 4.79 Å². The molecule has 0 unspecified atom stereocenters. The highest BCUT2D eigenvalue weighted by molar-refractivity contribution is 5.67. The number of rotatable bonds is 4. The molecule has 2 atom stereocenters. The van der Waals surface area contributed by atoms with Gasteiger partial charge >= 0.3 is 5.97 Å². The zero-order valence-electron chi connectivity index (χ0n) is 5.27. The zero-order chi connectivity index (χ0) is 8.15. The SMILES string of the molecule is O=C(O)C[C@@H](O)[C@H](O)CO. The molecule has 0 aliphatic heterocycles. The Hall–Kier alpha value is -0.650. The van der Waals surface area contributed by atoms with Crippen molar-refractivity contribution >= 4 is 5.97 Å². The van der Waals surface area contributed by atoms with Crippen molar-refractivity contribution in [3.63, 3.8) is 0 Å². The summed E-state index contributed by atoms with van der Waals surface area (Å²) in [5.41, 5.74) is 0. The van der Waals surface area contributed by atoms with Gasteiger partial charge in [-0.05, 0) is 0 Å². The molecule has 5 heteroatoms. The first kappa shape index (κ1) is 9.35. The first-order valence-electron chi connectivity index (χ1n) is 2.76. The number of carboxylic acid groups (broad SMARTS) is 1. The van der Waals surface area contributed by atoms with Gasteiger partial charge in [0.1, 0.15) is 6.10 Å². The Morgan fingerprint density at radius 1 is 1.30 bits per heavy atom. The molecule has 0 rings (SSSR count). The van der Waals surface area contributed by atoms with Crippen LogP contribution < -0.4 is 0 Å². The average Bonchev–Trinajstić information content (AvgIpc) is 1.85. The van der Waals surface area contributed by atoms with Crippen molar-refractivity contribution in [3.05, 3.63) is 0 Å². The maximum atomic E-state index is 9.88. The lowest BCUT2D eigenvalue weighted by molar-refractivity contribution is -0.141. The summed E-state index contributed by atoms with van der Waals surface area (Å²) in [6, 6.07) is 0. The van der Waals surface area contributed by atoms with E-state index < -0.39 is 31.2 Å². The number of aliphatic hydroxyl groups excluding tert-OH is 3. The number of aliphatic carboxylic acids is 1. The van der Waals surface area contributed by atoms with Gasteiger partial charge in [-0.25, -0.2) is 0 Å². The first-order chi connectivity index (χ1) is 4.57. The standard InChI is InChI=1S/C5H10O5/c6-2-4(8)3(7)1-5(9)10/h3-4,6-8H,1-2H2,(H,9,10)/t3-,4-/m1/s1. The largest absolute Gasteiger partial charge is 0.481 e. The number of hydrogen-bond acceptors (Lipinski definition) is 4. The number of hydrogen-bond donors (Lipinski definition) is 4. The van der Waals surface area contributed by atoms with Crippen LogP contribution in [0.5, 0.6) is 0 Å². The van der Waals surface area contributed by atoms with Crippen LogP contribution in [0.3, 0.4) is 0 Å². The van der Waals surface area contributed by atoms with Crippen molar-refractivity contribution < 1.29 is 25.2 Å². The van der Waals surface area contributed by atoms with Crippen molar-refractivity contribution in [3.8, 4) is 0 Å². The van der Waals surface area contributed by atoms with E-state index >= 15 is 0 Å². The van der Waals surface area contributed by atoms with E-state index in [9.17, 15) is 4.79 Å². The molecule has 0 bridgehead atoms. The molecule has 0 amide bonds. The van der Waals surface area contributed by atoms with Crippen LogP contribution in [0.4, 0.5) is 0 Å². The molecule has 0 aromatic carbocycles. The molecule has 5 nitrogen and oxygen atoms in total. The van der Waals surface area contributed by atoms with Crippen LogP contribution >= 0.6 is 0 Å². The Labute approximate surface area is 57.5 Å². The Balaban J connectivity index is 3.61. The average molecular weight is 150 g/mol. The molecule has 0 saturated carbocycles. The van der Waals surface area contributed by atoms with Crippen LogP contribution in [-0.4, -0.2) is 45.2 Å². The summed E-state index contributed by atoms with van der Waals surface area (Å²) in [7, 11) is 0. The maximum Gasteiger partial charge on any atom is 0.306 e. The third-order valence-corrected chi connectivity index (χ3v) is 1.01. The summed E-state index contributed by atoms with van der Waals surface area (Å²) in [4.78, 5) is 9.88. The van der Waals surface area contributed by atoms with Crippen LogP contribution in [0.15, 0.2) is 0 Å². The molecule has 0 aromatic heterocycles. The predicted molar refractivity (Wildman–Crippen MR) is 31.4 cm³/mol. The van der Waals surface area contributed by atoms with Gasteiger partial charge in [-0.15, -0.1) is 0 Å². The number of aliphatic hydroxyl groups is 3. The highest BCUT2D eigenvalue weighted by Gasteiger charge is 2.17. The molecule has 0 aliphatic rings. The molecular weight excluding hydrogens is 140 g/mol. The molecule has 0 heterocycles. The second kappa shape index (κ2) is 4.21. The summed E-state index contributed by atoms with van der Waals surface area (Å²) in [6.45, 7) is -0.631. The van der Waals surface area contributed by atoms with Crippen LogP contribution in [0.2, 0.25) is 0 Å². The van der Waals surface area contributed by atoms with E-state index in [-0.39, 0.29) is 0 Å². The van der Waals surface area contributed by atoms with E-state index in [1.165, 1.54) is 0 Å². The minimum absolute atomic E-state index is 0.554. The lowest BCUT2D eigenvalue weighted by Gasteiger charge is -2.12. The molecule has 0 radical (unpaired) electrons. The van der Waals surface area contributed by atoms with Gasteiger partial charge in [-0.2, -0.15) is 0 Å². The molecule has 0 aliphatic carbocycles. The minimum Gasteiger partial charge on any atom is -0.481 e. The van der Waals surface area contributed by atoms with E-state index in [1.807, 2.05) is 0 Å². The van der Waals surface area contributed by atoms with Crippen molar-refractivity contribution in [2.24, 2.45) is 0 Å². The molecule has 0 saturated heterocycles. The zero-order valence-corrected chi connectivity index (χ0v) is 5.27. The van der Waals surface area contributed by atoms with Crippen molar-refractivity contribution in [1.82, 2.24) is 0 Å². The lowest BCUT2D eigenvalue weighted by atomic mass is 10.1. The van der Waals surface area contributed by atoms with Crippen LogP contribution in [0.1, 0.15) is 6.42 Å². The minimum atomic E-state index is -1.39. The summed E-state index contributed by atoms with van der Waals surface area (Å²) < 4.78 is 0. The third-order valence-electron chi connectivity index (χ3n) is 1.01. The highest BCUT2D eigenvalue weighted by Crippen LogP contribution is 1.97. The third kappa shape index (κ3) is 3.39. The smallest absolute Gasteiger partial charge is 0.306 e. The predicted octanol–water partition coefficient (Wildman–Crippen LogP) is -1.82. The van der Waals surface area contributed by atoms with E-state index in [2.05, 4.69) is 0 Å². The fraction of sp³-hybridized carbons (Fsp3) is 0.800. The molecule has 4 N–H and O–H groups in total. The first-order valence-corrected chi connectivity index (χ1v) is 2.76.